The van der Waals surface area contributed by atoms with Crippen LogP contribution in [0.5, 0.6) is 5.75 Å². The lowest BCUT2D eigenvalue weighted by Gasteiger charge is -2.38. The monoisotopic (exact) mass is 418 g/mol. The Balaban J connectivity index is 1.41. The Kier molecular flexibility index (Phi) is 8.40. The second-order valence-corrected chi connectivity index (χ2v) is 9.12. The summed E-state index contributed by atoms with van der Waals surface area (Å²) in [5, 5.41) is 11.1. The number of aliphatic hydroxyl groups is 1. The molecule has 0 saturated carbocycles. The average Bonchev–Trinajstić information content (AvgIpc) is 2.76. The van der Waals surface area contributed by atoms with Crippen molar-refractivity contribution in [3.05, 3.63) is 29.8 Å². The molecule has 3 rings (SSSR count). The minimum Gasteiger partial charge on any atom is -0.494 e. The molecule has 6 heteroatoms. The first-order valence-corrected chi connectivity index (χ1v) is 11.6. The van der Waals surface area contributed by atoms with E-state index < -0.39 is 5.60 Å². The molecule has 0 bridgehead atoms. The van der Waals surface area contributed by atoms with Crippen molar-refractivity contribution in [2.45, 2.75) is 58.0 Å². The lowest BCUT2D eigenvalue weighted by molar-refractivity contribution is -0.0256. The van der Waals surface area contributed by atoms with E-state index in [1.54, 1.807) is 4.90 Å². The van der Waals surface area contributed by atoms with Crippen LogP contribution in [0.4, 0.5) is 4.79 Å². The van der Waals surface area contributed by atoms with Crippen LogP contribution in [0, 0.1) is 5.92 Å². The number of hydrogen-bond donors (Lipinski definition) is 1. The molecule has 1 amide bonds. The number of rotatable bonds is 8. The van der Waals surface area contributed by atoms with Gasteiger partial charge in [0.25, 0.3) is 0 Å². The molecule has 1 N–H and O–H groups in total. The molecular weight excluding hydrogens is 380 g/mol. The largest absolute Gasteiger partial charge is 0.494 e. The predicted octanol–water partition coefficient (Wildman–Crippen LogP) is 4.02. The molecule has 2 saturated heterocycles. The number of likely N-dealkylation sites (tertiary alicyclic amines) is 2. The predicted molar refractivity (Wildman–Crippen MR) is 118 cm³/mol. The zero-order chi connectivity index (χ0) is 21.4. The van der Waals surface area contributed by atoms with Crippen LogP contribution >= 0.6 is 0 Å². The van der Waals surface area contributed by atoms with Crippen molar-refractivity contribution in [3.8, 4) is 5.75 Å². The number of carbonyl (C=O) groups excluding carboxylic acids is 1. The zero-order valence-corrected chi connectivity index (χ0v) is 18.6. The van der Waals surface area contributed by atoms with E-state index in [0.717, 1.165) is 24.3 Å². The van der Waals surface area contributed by atoms with E-state index in [9.17, 15) is 9.90 Å². The summed E-state index contributed by atoms with van der Waals surface area (Å²) in [6, 6.07) is 7.79. The van der Waals surface area contributed by atoms with Crippen LogP contribution in [0.15, 0.2) is 24.3 Å². The van der Waals surface area contributed by atoms with E-state index in [4.69, 9.17) is 9.47 Å². The van der Waals surface area contributed by atoms with Crippen molar-refractivity contribution in [1.82, 2.24) is 9.80 Å². The Bertz CT molecular complexity index is 648. The van der Waals surface area contributed by atoms with E-state index in [-0.39, 0.29) is 6.09 Å². The molecule has 0 spiro atoms. The van der Waals surface area contributed by atoms with Gasteiger partial charge in [-0.25, -0.2) is 4.79 Å². The van der Waals surface area contributed by atoms with Crippen LogP contribution in [-0.4, -0.2) is 66.9 Å². The standard InChI is InChI=1S/C24H38N2O4/c1-20(2)19-30-23(27)26-16-11-24(28,12-17-26)21-7-9-22(10-8-21)29-18-6-15-25-13-4-3-5-14-25/h7-10,20,28H,3-6,11-19H2,1-2H3. The van der Waals surface area contributed by atoms with E-state index in [1.807, 2.05) is 38.1 Å². The molecule has 2 aliphatic heterocycles. The van der Waals surface area contributed by atoms with E-state index in [2.05, 4.69) is 4.90 Å². The Hall–Kier alpha value is -1.79. The van der Waals surface area contributed by atoms with Crippen molar-refractivity contribution in [2.24, 2.45) is 5.92 Å². The van der Waals surface area contributed by atoms with Crippen molar-refractivity contribution < 1.29 is 19.4 Å². The van der Waals surface area contributed by atoms with Gasteiger partial charge in [-0.15, -0.1) is 0 Å². The molecule has 2 heterocycles. The average molecular weight is 419 g/mol. The normalized spacial score (nSPS) is 19.7. The molecule has 1 aromatic carbocycles. The van der Waals surface area contributed by atoms with Crippen LogP contribution in [-0.2, 0) is 10.3 Å². The molecule has 0 radical (unpaired) electrons. The lowest BCUT2D eigenvalue weighted by atomic mass is 9.84. The number of nitrogens with zero attached hydrogens (tertiary/aromatic N) is 2. The van der Waals surface area contributed by atoms with Gasteiger partial charge in [-0.3, -0.25) is 0 Å². The minimum absolute atomic E-state index is 0.279. The molecule has 6 nitrogen and oxygen atoms in total. The van der Waals surface area contributed by atoms with Gasteiger partial charge in [-0.05, 0) is 68.8 Å². The Labute approximate surface area is 181 Å². The number of ether oxygens (including phenoxy) is 2. The zero-order valence-electron chi connectivity index (χ0n) is 18.6. The first kappa shape index (κ1) is 22.9. The van der Waals surface area contributed by atoms with Gasteiger partial charge in [0.15, 0.2) is 0 Å². The van der Waals surface area contributed by atoms with Crippen LogP contribution < -0.4 is 4.74 Å². The number of benzene rings is 1. The molecule has 1 aromatic rings. The molecule has 168 valence electrons. The van der Waals surface area contributed by atoms with Crippen molar-refractivity contribution in [1.29, 1.82) is 0 Å². The summed E-state index contributed by atoms with van der Waals surface area (Å²) in [4.78, 5) is 16.3. The van der Waals surface area contributed by atoms with Gasteiger partial charge in [0, 0.05) is 19.6 Å². The van der Waals surface area contributed by atoms with Crippen LogP contribution in [0.1, 0.15) is 57.9 Å². The molecule has 0 aliphatic carbocycles. The summed E-state index contributed by atoms with van der Waals surface area (Å²) in [6.45, 7) is 9.74. The van der Waals surface area contributed by atoms with Crippen LogP contribution in [0.25, 0.3) is 0 Å². The molecule has 2 aliphatic rings. The van der Waals surface area contributed by atoms with Gasteiger partial charge in [0.1, 0.15) is 5.75 Å². The fourth-order valence-electron chi connectivity index (χ4n) is 4.20. The minimum atomic E-state index is -0.901. The number of piperidine rings is 2. The maximum absolute atomic E-state index is 12.1. The fraction of sp³-hybridized carbons (Fsp3) is 0.708. The van der Waals surface area contributed by atoms with E-state index in [1.165, 1.54) is 32.4 Å². The smallest absolute Gasteiger partial charge is 0.409 e. The highest BCUT2D eigenvalue weighted by Crippen LogP contribution is 2.34. The summed E-state index contributed by atoms with van der Waals surface area (Å²) in [7, 11) is 0. The number of amides is 1. The molecule has 2 fully saturated rings. The second kappa shape index (κ2) is 11.0. The fourth-order valence-corrected chi connectivity index (χ4v) is 4.20. The molecular formula is C24H38N2O4. The maximum atomic E-state index is 12.1. The summed E-state index contributed by atoms with van der Waals surface area (Å²) in [5.74, 6) is 1.16. The van der Waals surface area contributed by atoms with Gasteiger partial charge in [0.05, 0.1) is 18.8 Å². The topological polar surface area (TPSA) is 62.2 Å². The molecule has 0 atom stereocenters. The third-order valence-electron chi connectivity index (χ3n) is 6.12. The van der Waals surface area contributed by atoms with Crippen LogP contribution in [0.3, 0.4) is 0 Å². The Morgan fingerprint density at radius 1 is 1.07 bits per heavy atom. The quantitative estimate of drug-likeness (QED) is 0.646. The van der Waals surface area contributed by atoms with E-state index in [0.29, 0.717) is 45.1 Å². The summed E-state index contributed by atoms with van der Waals surface area (Å²) >= 11 is 0. The number of hydrogen-bond acceptors (Lipinski definition) is 5. The second-order valence-electron chi connectivity index (χ2n) is 9.12. The first-order valence-electron chi connectivity index (χ1n) is 11.6. The van der Waals surface area contributed by atoms with Crippen LogP contribution in [0.2, 0.25) is 0 Å². The Morgan fingerprint density at radius 2 is 1.73 bits per heavy atom. The van der Waals surface area contributed by atoms with Gasteiger partial charge in [0.2, 0.25) is 0 Å². The van der Waals surface area contributed by atoms with Crippen molar-refractivity contribution in [2.75, 3.05) is 45.9 Å². The SMILES string of the molecule is CC(C)COC(=O)N1CCC(O)(c2ccc(OCCCN3CCCCC3)cc2)CC1. The van der Waals surface area contributed by atoms with Gasteiger partial charge < -0.3 is 24.4 Å². The Morgan fingerprint density at radius 3 is 2.37 bits per heavy atom. The maximum Gasteiger partial charge on any atom is 0.409 e. The molecule has 0 aromatic heterocycles. The highest BCUT2D eigenvalue weighted by atomic mass is 16.6. The lowest BCUT2D eigenvalue weighted by Crippen LogP contribution is -2.45. The number of carbonyl (C=O) groups is 1. The third kappa shape index (κ3) is 6.61. The van der Waals surface area contributed by atoms with E-state index >= 15 is 0 Å². The summed E-state index contributed by atoms with van der Waals surface area (Å²) < 4.78 is 11.2. The van der Waals surface area contributed by atoms with Crippen molar-refractivity contribution in [3.63, 3.8) is 0 Å². The third-order valence-corrected chi connectivity index (χ3v) is 6.12. The van der Waals surface area contributed by atoms with Gasteiger partial charge in [-0.2, -0.15) is 0 Å². The summed E-state index contributed by atoms with van der Waals surface area (Å²) in [6.07, 6.45) is 5.80. The first-order chi connectivity index (χ1) is 14.5. The van der Waals surface area contributed by atoms with Gasteiger partial charge >= 0.3 is 6.09 Å². The summed E-state index contributed by atoms with van der Waals surface area (Å²) in [5.41, 5.74) is -0.0138. The van der Waals surface area contributed by atoms with Crippen molar-refractivity contribution >= 4 is 6.09 Å². The molecule has 30 heavy (non-hydrogen) atoms. The highest BCUT2D eigenvalue weighted by Gasteiger charge is 2.36. The molecule has 0 unspecified atom stereocenters. The highest BCUT2D eigenvalue weighted by molar-refractivity contribution is 5.67. The van der Waals surface area contributed by atoms with Gasteiger partial charge in [-0.1, -0.05) is 32.4 Å².